The Morgan fingerprint density at radius 2 is 1.88 bits per heavy atom. The molecule has 0 spiro atoms. The zero-order chi connectivity index (χ0) is 23.8. The molecule has 0 aliphatic heterocycles. The smallest absolute Gasteiger partial charge is 0.431 e. The predicted octanol–water partition coefficient (Wildman–Crippen LogP) is 3.88. The molecule has 0 radical (unpaired) electrons. The molecule has 32 heavy (non-hydrogen) atoms. The fraction of sp³-hybridized carbons (Fsp3) is 0.211. The van der Waals surface area contributed by atoms with Crippen LogP contribution in [0.1, 0.15) is 20.2 Å². The maximum Gasteiger partial charge on any atom is 0.431 e. The van der Waals surface area contributed by atoms with Gasteiger partial charge >= 0.3 is 17.8 Å². The van der Waals surface area contributed by atoms with Crippen LogP contribution >= 0.6 is 27.3 Å². The SMILES string of the molecule is COC(=O)c1ccc(COc2cc(-n3c(=O)cc(C(F)(F)F)n(C)c3=O)c(F)cc2Br)s1. The van der Waals surface area contributed by atoms with Crippen molar-refractivity contribution in [3.8, 4) is 11.4 Å². The molecule has 170 valence electrons. The summed E-state index contributed by atoms with van der Waals surface area (Å²) in [6, 6.07) is 5.30. The van der Waals surface area contributed by atoms with Crippen LogP contribution in [0.3, 0.4) is 0 Å². The fourth-order valence-electron chi connectivity index (χ4n) is 2.73. The van der Waals surface area contributed by atoms with E-state index in [0.717, 1.165) is 30.5 Å². The van der Waals surface area contributed by atoms with Crippen LogP contribution < -0.4 is 16.0 Å². The first kappa shape index (κ1) is 23.7. The summed E-state index contributed by atoms with van der Waals surface area (Å²) < 4.78 is 64.5. The average Bonchev–Trinajstić information content (AvgIpc) is 3.19. The van der Waals surface area contributed by atoms with Gasteiger partial charge < -0.3 is 9.47 Å². The summed E-state index contributed by atoms with van der Waals surface area (Å²) in [6.45, 7) is -0.0503. The van der Waals surface area contributed by atoms with E-state index in [1.54, 1.807) is 6.07 Å². The monoisotopic (exact) mass is 536 g/mol. The number of carbonyl (C=O) groups is 1. The molecular weight excluding hydrogens is 524 g/mol. The standard InChI is InChI=1S/C19H13BrF4N2O5S/c1-25-15(19(22,23)24)7-16(27)26(18(25)29)12-6-13(10(20)5-11(12)21)31-8-9-3-4-14(32-9)17(28)30-2/h3-7H,8H2,1-2H3. The number of rotatable bonds is 5. The number of aromatic nitrogens is 2. The van der Waals surface area contributed by atoms with Crippen molar-refractivity contribution >= 4 is 33.2 Å². The second-order valence-corrected chi connectivity index (χ2v) is 8.35. The van der Waals surface area contributed by atoms with Crippen LogP contribution in [0.4, 0.5) is 17.6 Å². The lowest BCUT2D eigenvalue weighted by atomic mass is 10.2. The van der Waals surface area contributed by atoms with E-state index in [1.165, 1.54) is 13.2 Å². The molecule has 0 saturated carbocycles. The van der Waals surface area contributed by atoms with Crippen molar-refractivity contribution in [2.45, 2.75) is 12.8 Å². The maximum atomic E-state index is 14.6. The zero-order valence-corrected chi connectivity index (χ0v) is 18.7. The van der Waals surface area contributed by atoms with Crippen molar-refractivity contribution in [1.82, 2.24) is 9.13 Å². The molecule has 0 saturated heterocycles. The van der Waals surface area contributed by atoms with Gasteiger partial charge in [0.2, 0.25) is 0 Å². The van der Waals surface area contributed by atoms with Gasteiger partial charge in [-0.1, -0.05) is 0 Å². The lowest BCUT2D eigenvalue weighted by Crippen LogP contribution is -2.41. The molecule has 2 aromatic heterocycles. The van der Waals surface area contributed by atoms with Crippen LogP contribution in [0.15, 0.2) is 44.4 Å². The predicted molar refractivity (Wildman–Crippen MR) is 110 cm³/mol. The minimum absolute atomic E-state index is 0.0169. The Balaban J connectivity index is 2.00. The van der Waals surface area contributed by atoms with E-state index < -0.39 is 40.6 Å². The first-order chi connectivity index (χ1) is 14.9. The largest absolute Gasteiger partial charge is 0.487 e. The highest BCUT2D eigenvalue weighted by Crippen LogP contribution is 2.31. The van der Waals surface area contributed by atoms with Crippen molar-refractivity contribution < 1.29 is 31.8 Å². The van der Waals surface area contributed by atoms with Crippen LogP contribution in [0, 0.1) is 5.82 Å². The summed E-state index contributed by atoms with van der Waals surface area (Å²) in [4.78, 5) is 37.2. The number of methoxy groups -OCH3 is 1. The van der Waals surface area contributed by atoms with Crippen LogP contribution in [0.2, 0.25) is 0 Å². The first-order valence-corrected chi connectivity index (χ1v) is 10.2. The van der Waals surface area contributed by atoms with Gasteiger partial charge in [0.15, 0.2) is 0 Å². The fourth-order valence-corrected chi connectivity index (χ4v) is 4.00. The van der Waals surface area contributed by atoms with Crippen molar-refractivity contribution in [1.29, 1.82) is 0 Å². The van der Waals surface area contributed by atoms with Crippen molar-refractivity contribution in [3.63, 3.8) is 0 Å². The highest BCUT2D eigenvalue weighted by Gasteiger charge is 2.35. The molecular formula is C19H13BrF4N2O5S. The van der Waals surface area contributed by atoms with Gasteiger partial charge in [0.25, 0.3) is 5.56 Å². The molecule has 1 aromatic carbocycles. The summed E-state index contributed by atoms with van der Waals surface area (Å²) in [5, 5.41) is 0. The Kier molecular flexibility index (Phi) is 6.60. The number of halogens is 5. The first-order valence-electron chi connectivity index (χ1n) is 8.63. The van der Waals surface area contributed by atoms with Gasteiger partial charge in [0, 0.05) is 24.1 Å². The highest BCUT2D eigenvalue weighted by atomic mass is 79.9. The summed E-state index contributed by atoms with van der Waals surface area (Å²) in [5.41, 5.74) is -4.77. The van der Waals surface area contributed by atoms with E-state index in [-0.39, 0.29) is 32.0 Å². The molecule has 0 amide bonds. The van der Waals surface area contributed by atoms with Crippen LogP contribution in [-0.2, 0) is 24.6 Å². The third kappa shape index (κ3) is 4.63. The number of esters is 1. The number of thiophene rings is 1. The molecule has 3 rings (SSSR count). The van der Waals surface area contributed by atoms with Gasteiger partial charge in [-0.25, -0.2) is 18.5 Å². The third-order valence-electron chi connectivity index (χ3n) is 4.27. The Morgan fingerprint density at radius 3 is 2.50 bits per heavy atom. The van der Waals surface area contributed by atoms with E-state index in [0.29, 0.717) is 9.75 Å². The van der Waals surface area contributed by atoms with Gasteiger partial charge in [-0.05, 0) is 34.1 Å². The molecule has 2 heterocycles. The van der Waals surface area contributed by atoms with Gasteiger partial charge in [-0.15, -0.1) is 11.3 Å². The molecule has 7 nitrogen and oxygen atoms in total. The Morgan fingerprint density at radius 1 is 1.19 bits per heavy atom. The Bertz CT molecular complexity index is 1310. The molecule has 0 fully saturated rings. The second-order valence-electron chi connectivity index (χ2n) is 6.32. The Labute approximate surface area is 189 Å². The highest BCUT2D eigenvalue weighted by molar-refractivity contribution is 9.10. The van der Waals surface area contributed by atoms with Gasteiger partial charge in [-0.2, -0.15) is 13.2 Å². The van der Waals surface area contributed by atoms with Gasteiger partial charge in [-0.3, -0.25) is 9.36 Å². The molecule has 0 atom stereocenters. The van der Waals surface area contributed by atoms with Crippen molar-refractivity contribution in [3.05, 3.63) is 76.9 Å². The zero-order valence-electron chi connectivity index (χ0n) is 16.3. The number of benzene rings is 1. The summed E-state index contributed by atoms with van der Waals surface area (Å²) in [7, 11) is 2.06. The molecule has 0 N–H and O–H groups in total. The number of hydrogen-bond donors (Lipinski definition) is 0. The van der Waals surface area contributed by atoms with Gasteiger partial charge in [0.05, 0.1) is 17.3 Å². The number of nitrogens with zero attached hydrogens (tertiary/aromatic N) is 2. The average molecular weight is 537 g/mol. The maximum absolute atomic E-state index is 14.6. The quantitative estimate of drug-likeness (QED) is 0.365. The van der Waals surface area contributed by atoms with E-state index in [1.807, 2.05) is 0 Å². The van der Waals surface area contributed by atoms with Crippen molar-refractivity contribution in [2.24, 2.45) is 7.05 Å². The van der Waals surface area contributed by atoms with E-state index in [4.69, 9.17) is 4.74 Å². The molecule has 0 unspecified atom stereocenters. The van der Waals surface area contributed by atoms with E-state index in [9.17, 15) is 31.9 Å². The summed E-state index contributed by atoms with van der Waals surface area (Å²) in [6.07, 6.45) is -4.94. The molecule has 0 bridgehead atoms. The van der Waals surface area contributed by atoms with Crippen LogP contribution in [0.25, 0.3) is 5.69 Å². The van der Waals surface area contributed by atoms with Crippen LogP contribution in [-0.4, -0.2) is 22.2 Å². The molecule has 3 aromatic rings. The van der Waals surface area contributed by atoms with E-state index in [2.05, 4.69) is 20.7 Å². The lowest BCUT2D eigenvalue weighted by Gasteiger charge is -2.15. The minimum Gasteiger partial charge on any atom is -0.487 e. The van der Waals surface area contributed by atoms with Crippen LogP contribution in [0.5, 0.6) is 5.75 Å². The second kappa shape index (κ2) is 8.90. The molecule has 13 heteroatoms. The topological polar surface area (TPSA) is 79.5 Å². The lowest BCUT2D eigenvalue weighted by molar-refractivity contribution is -0.144. The number of hydrogen-bond acceptors (Lipinski definition) is 6. The van der Waals surface area contributed by atoms with Gasteiger partial charge in [0.1, 0.15) is 28.7 Å². The molecule has 0 aliphatic carbocycles. The number of ether oxygens (including phenoxy) is 2. The summed E-state index contributed by atoms with van der Waals surface area (Å²) in [5.74, 6) is -1.54. The minimum atomic E-state index is -4.94. The molecule has 0 aliphatic rings. The Hall–Kier alpha value is -2.93. The number of carbonyl (C=O) groups excluding carboxylic acids is 1. The summed E-state index contributed by atoms with van der Waals surface area (Å²) >= 11 is 4.20. The normalized spacial score (nSPS) is 11.5. The number of alkyl halides is 3. The third-order valence-corrected chi connectivity index (χ3v) is 5.93. The van der Waals surface area contributed by atoms with E-state index >= 15 is 0 Å². The van der Waals surface area contributed by atoms with Crippen molar-refractivity contribution in [2.75, 3.05) is 7.11 Å².